The summed E-state index contributed by atoms with van der Waals surface area (Å²) < 4.78 is 38.9. The highest BCUT2D eigenvalue weighted by Crippen LogP contribution is 2.35. The van der Waals surface area contributed by atoms with E-state index in [0.29, 0.717) is 12.5 Å². The Morgan fingerprint density at radius 3 is 2.68 bits per heavy atom. The number of carbonyl (C=O) groups excluding carboxylic acids is 1. The molecule has 0 aromatic heterocycles. The zero-order valence-electron chi connectivity index (χ0n) is 9.97. The molecule has 0 saturated heterocycles. The molecule has 104 valence electrons. The number of ether oxygens (including phenoxy) is 3. The average molecular weight is 273 g/mol. The molecule has 1 amide bonds. The molecule has 1 fully saturated rings. The quantitative estimate of drug-likeness (QED) is 0.864. The summed E-state index contributed by atoms with van der Waals surface area (Å²) in [6.45, 7) is -2.54. The third-order valence-electron chi connectivity index (χ3n) is 2.52. The van der Waals surface area contributed by atoms with Gasteiger partial charge in [-0.1, -0.05) is 0 Å². The van der Waals surface area contributed by atoms with Crippen LogP contribution in [0.1, 0.15) is 12.8 Å². The molecule has 2 N–H and O–H groups in total. The molecule has 5 nitrogen and oxygen atoms in total. The summed E-state index contributed by atoms with van der Waals surface area (Å²) in [5.74, 6) is 0.554. The van der Waals surface area contributed by atoms with Crippen LogP contribution in [0.4, 0.5) is 13.6 Å². The molecule has 1 aliphatic carbocycles. The Kier molecular flexibility index (Phi) is 4.03. The standard InChI is InChI=1S/C12H13F2NO4/c13-11(14)19-9-4-3-8(18-12(15)16)5-10(9)17-6-7-1-2-7/h3-5,7,11H,1-2,6H2,(H2,15,16). The van der Waals surface area contributed by atoms with Crippen LogP contribution in [0.15, 0.2) is 18.2 Å². The van der Waals surface area contributed by atoms with Gasteiger partial charge in [-0.25, -0.2) is 4.79 Å². The third-order valence-corrected chi connectivity index (χ3v) is 2.52. The summed E-state index contributed by atoms with van der Waals surface area (Å²) in [6.07, 6.45) is 1.13. The van der Waals surface area contributed by atoms with Gasteiger partial charge in [-0.2, -0.15) is 8.78 Å². The van der Waals surface area contributed by atoms with Crippen molar-refractivity contribution >= 4 is 6.09 Å². The second kappa shape index (κ2) is 5.73. The van der Waals surface area contributed by atoms with Crippen LogP contribution in [0, 0.1) is 5.92 Å². The fourth-order valence-corrected chi connectivity index (χ4v) is 1.47. The maximum atomic E-state index is 12.2. The van der Waals surface area contributed by atoms with Crippen molar-refractivity contribution < 1.29 is 27.8 Å². The van der Waals surface area contributed by atoms with E-state index in [4.69, 9.17) is 10.5 Å². The summed E-state index contributed by atoms with van der Waals surface area (Å²) in [5.41, 5.74) is 4.87. The van der Waals surface area contributed by atoms with E-state index in [2.05, 4.69) is 9.47 Å². The number of amides is 1. The molecule has 1 aliphatic rings. The van der Waals surface area contributed by atoms with Crippen molar-refractivity contribution in [3.63, 3.8) is 0 Å². The Morgan fingerprint density at radius 2 is 2.11 bits per heavy atom. The lowest BCUT2D eigenvalue weighted by Gasteiger charge is -2.13. The number of hydrogen-bond donors (Lipinski definition) is 1. The molecule has 0 radical (unpaired) electrons. The molecule has 0 unspecified atom stereocenters. The van der Waals surface area contributed by atoms with E-state index in [1.807, 2.05) is 0 Å². The minimum Gasteiger partial charge on any atom is -0.489 e. The number of carbonyl (C=O) groups is 1. The lowest BCUT2D eigenvalue weighted by molar-refractivity contribution is -0.0515. The number of rotatable bonds is 6. The number of nitrogens with two attached hydrogens (primary N) is 1. The van der Waals surface area contributed by atoms with Gasteiger partial charge in [0.05, 0.1) is 6.61 Å². The molecular weight excluding hydrogens is 260 g/mol. The van der Waals surface area contributed by atoms with Crippen molar-refractivity contribution in [1.82, 2.24) is 0 Å². The summed E-state index contributed by atoms with van der Waals surface area (Å²) in [6, 6.07) is 3.84. The van der Waals surface area contributed by atoms with Crippen molar-refractivity contribution in [3.8, 4) is 17.2 Å². The van der Waals surface area contributed by atoms with E-state index < -0.39 is 12.7 Å². The second-order valence-corrected chi connectivity index (χ2v) is 4.16. The maximum absolute atomic E-state index is 12.2. The fourth-order valence-electron chi connectivity index (χ4n) is 1.47. The number of halogens is 2. The summed E-state index contributed by atoms with van der Waals surface area (Å²) in [4.78, 5) is 10.6. The first-order valence-corrected chi connectivity index (χ1v) is 5.73. The van der Waals surface area contributed by atoms with Gasteiger partial charge in [0.1, 0.15) is 5.75 Å². The first-order valence-electron chi connectivity index (χ1n) is 5.73. The van der Waals surface area contributed by atoms with E-state index in [9.17, 15) is 13.6 Å². The van der Waals surface area contributed by atoms with Crippen molar-refractivity contribution in [2.45, 2.75) is 19.5 Å². The molecule has 1 aromatic carbocycles. The Labute approximate surface area is 108 Å². The topological polar surface area (TPSA) is 70.8 Å². The smallest absolute Gasteiger partial charge is 0.409 e. The Morgan fingerprint density at radius 1 is 1.37 bits per heavy atom. The lowest BCUT2D eigenvalue weighted by Crippen LogP contribution is -2.16. The Hall–Kier alpha value is -2.05. The molecule has 19 heavy (non-hydrogen) atoms. The maximum Gasteiger partial charge on any atom is 0.409 e. The average Bonchev–Trinajstić information content (AvgIpc) is 3.11. The van der Waals surface area contributed by atoms with Crippen molar-refractivity contribution in [3.05, 3.63) is 18.2 Å². The van der Waals surface area contributed by atoms with Crippen LogP contribution in [0.2, 0.25) is 0 Å². The predicted molar refractivity (Wildman–Crippen MR) is 61.5 cm³/mol. The molecular formula is C12H13F2NO4. The van der Waals surface area contributed by atoms with Gasteiger partial charge < -0.3 is 19.9 Å². The van der Waals surface area contributed by atoms with Gasteiger partial charge in [0.15, 0.2) is 11.5 Å². The summed E-state index contributed by atoms with van der Waals surface area (Å²) >= 11 is 0. The summed E-state index contributed by atoms with van der Waals surface area (Å²) in [5, 5.41) is 0. The molecule has 0 atom stereocenters. The van der Waals surface area contributed by atoms with E-state index in [0.717, 1.165) is 12.8 Å². The number of primary amides is 1. The van der Waals surface area contributed by atoms with E-state index in [1.54, 1.807) is 0 Å². The molecule has 1 saturated carbocycles. The normalized spacial score (nSPS) is 14.3. The van der Waals surface area contributed by atoms with Crippen molar-refractivity contribution in [2.75, 3.05) is 6.61 Å². The van der Waals surface area contributed by atoms with Crippen molar-refractivity contribution in [1.29, 1.82) is 0 Å². The molecule has 0 spiro atoms. The minimum atomic E-state index is -2.95. The Bertz CT molecular complexity index is 463. The largest absolute Gasteiger partial charge is 0.489 e. The molecule has 0 aliphatic heterocycles. The molecule has 0 heterocycles. The van der Waals surface area contributed by atoms with Crippen LogP contribution in [-0.4, -0.2) is 19.3 Å². The van der Waals surface area contributed by atoms with Gasteiger partial charge in [0.25, 0.3) is 0 Å². The highest BCUT2D eigenvalue weighted by molar-refractivity contribution is 5.68. The van der Waals surface area contributed by atoms with Crippen LogP contribution in [0.3, 0.4) is 0 Å². The highest BCUT2D eigenvalue weighted by atomic mass is 19.3. The van der Waals surface area contributed by atoms with Crippen LogP contribution in [0.5, 0.6) is 17.2 Å². The molecule has 2 rings (SSSR count). The van der Waals surface area contributed by atoms with Crippen molar-refractivity contribution in [2.24, 2.45) is 11.7 Å². The van der Waals surface area contributed by atoms with Crippen LogP contribution in [-0.2, 0) is 0 Å². The Balaban J connectivity index is 2.12. The third kappa shape index (κ3) is 4.27. The fraction of sp³-hybridized carbons (Fsp3) is 0.417. The van der Waals surface area contributed by atoms with Gasteiger partial charge in [-0.05, 0) is 30.9 Å². The van der Waals surface area contributed by atoms with Crippen LogP contribution < -0.4 is 19.9 Å². The minimum absolute atomic E-state index is 0.103. The second-order valence-electron chi connectivity index (χ2n) is 4.16. The first-order chi connectivity index (χ1) is 9.04. The predicted octanol–water partition coefficient (Wildman–Crippen LogP) is 2.53. The number of benzene rings is 1. The number of alkyl halides is 2. The van der Waals surface area contributed by atoms with Crippen LogP contribution >= 0.6 is 0 Å². The number of hydrogen-bond acceptors (Lipinski definition) is 4. The summed E-state index contributed by atoms with van der Waals surface area (Å²) in [7, 11) is 0. The van der Waals surface area contributed by atoms with Crippen LogP contribution in [0.25, 0.3) is 0 Å². The van der Waals surface area contributed by atoms with Gasteiger partial charge >= 0.3 is 12.7 Å². The van der Waals surface area contributed by atoms with Gasteiger partial charge in [0, 0.05) is 6.07 Å². The zero-order valence-corrected chi connectivity index (χ0v) is 9.97. The molecule has 7 heteroatoms. The van der Waals surface area contributed by atoms with Gasteiger partial charge in [0.2, 0.25) is 0 Å². The zero-order chi connectivity index (χ0) is 13.8. The van der Waals surface area contributed by atoms with E-state index >= 15 is 0 Å². The van der Waals surface area contributed by atoms with Gasteiger partial charge in [-0.15, -0.1) is 0 Å². The highest BCUT2D eigenvalue weighted by Gasteiger charge is 2.23. The van der Waals surface area contributed by atoms with Gasteiger partial charge in [-0.3, -0.25) is 0 Å². The monoisotopic (exact) mass is 273 g/mol. The lowest BCUT2D eigenvalue weighted by atomic mass is 10.3. The molecule has 1 aromatic rings. The SMILES string of the molecule is NC(=O)Oc1ccc(OC(F)F)c(OCC2CC2)c1. The van der Waals surface area contributed by atoms with E-state index in [-0.39, 0.29) is 17.2 Å². The first kappa shape index (κ1) is 13.4. The molecule has 0 bridgehead atoms. The van der Waals surface area contributed by atoms with E-state index in [1.165, 1.54) is 18.2 Å².